The molecule has 152 valence electrons. The number of amides is 2. The summed E-state index contributed by atoms with van der Waals surface area (Å²) in [6.07, 6.45) is 1.88. The summed E-state index contributed by atoms with van der Waals surface area (Å²) in [6.45, 7) is 1.26. The van der Waals surface area contributed by atoms with Gasteiger partial charge in [0, 0.05) is 37.2 Å². The van der Waals surface area contributed by atoms with Crippen LogP contribution >= 0.6 is 0 Å². The Hall–Kier alpha value is -3.09. The van der Waals surface area contributed by atoms with Crippen LogP contribution in [0.4, 0.5) is 10.1 Å². The van der Waals surface area contributed by atoms with Crippen LogP contribution in [-0.4, -0.2) is 36.6 Å². The fraction of sp³-hybridized carbons (Fsp3) is 0.364. The first-order valence-corrected chi connectivity index (χ1v) is 9.82. The molecule has 4 rings (SSSR count). The van der Waals surface area contributed by atoms with Crippen molar-refractivity contribution < 1.29 is 23.5 Å². The molecular weight excluding hydrogens is 375 g/mol. The highest BCUT2D eigenvalue weighted by Crippen LogP contribution is 2.34. The summed E-state index contributed by atoms with van der Waals surface area (Å²) in [5.41, 5.74) is 1.22. The molecule has 2 heterocycles. The van der Waals surface area contributed by atoms with Crippen molar-refractivity contribution >= 4 is 17.5 Å². The molecule has 1 saturated heterocycles. The lowest BCUT2D eigenvalue weighted by atomic mass is 9.95. The molecule has 0 atom stereocenters. The first-order chi connectivity index (χ1) is 14.1. The minimum absolute atomic E-state index is 0.00267. The fourth-order valence-corrected chi connectivity index (χ4v) is 3.71. The molecule has 0 aromatic heterocycles. The van der Waals surface area contributed by atoms with Gasteiger partial charge in [0.1, 0.15) is 5.82 Å². The number of ether oxygens (including phenoxy) is 2. The van der Waals surface area contributed by atoms with Crippen molar-refractivity contribution in [3.63, 3.8) is 0 Å². The van der Waals surface area contributed by atoms with Crippen molar-refractivity contribution in [1.82, 2.24) is 4.90 Å². The Kier molecular flexibility index (Phi) is 5.64. The standard InChI is InChI=1S/C22H23FN2O4/c23-18-4-2-1-3-15(18)5-8-21(26)25-11-9-16(10-12-25)22(27)24-17-6-7-19-20(13-17)29-14-28-19/h1-4,6-7,13,16H,5,8-12,14H2,(H,24,27). The smallest absolute Gasteiger partial charge is 0.231 e. The number of fused-ring (bicyclic) bond motifs is 1. The Morgan fingerprint density at radius 3 is 2.62 bits per heavy atom. The Morgan fingerprint density at radius 2 is 1.83 bits per heavy atom. The third kappa shape index (κ3) is 4.50. The van der Waals surface area contributed by atoms with Gasteiger partial charge in [0.2, 0.25) is 18.6 Å². The van der Waals surface area contributed by atoms with Crippen LogP contribution in [0.5, 0.6) is 11.5 Å². The van der Waals surface area contributed by atoms with Gasteiger partial charge in [0.15, 0.2) is 11.5 Å². The Bertz CT molecular complexity index is 909. The first kappa shape index (κ1) is 19.2. The number of hydrogen-bond donors (Lipinski definition) is 1. The number of carbonyl (C=O) groups is 2. The molecule has 2 aliphatic rings. The van der Waals surface area contributed by atoms with E-state index in [1.165, 1.54) is 6.07 Å². The summed E-state index contributed by atoms with van der Waals surface area (Å²) >= 11 is 0. The van der Waals surface area contributed by atoms with Crippen LogP contribution in [0.2, 0.25) is 0 Å². The molecular formula is C22H23FN2O4. The minimum atomic E-state index is -0.279. The number of nitrogens with one attached hydrogen (secondary N) is 1. The Morgan fingerprint density at radius 1 is 1.07 bits per heavy atom. The van der Waals surface area contributed by atoms with Gasteiger partial charge < -0.3 is 19.7 Å². The van der Waals surface area contributed by atoms with Gasteiger partial charge in [-0.25, -0.2) is 4.39 Å². The van der Waals surface area contributed by atoms with Crippen LogP contribution in [0.25, 0.3) is 0 Å². The topological polar surface area (TPSA) is 67.9 Å². The largest absolute Gasteiger partial charge is 0.454 e. The van der Waals surface area contributed by atoms with Crippen molar-refractivity contribution in [2.24, 2.45) is 5.92 Å². The van der Waals surface area contributed by atoms with Crippen LogP contribution in [0, 0.1) is 11.7 Å². The van der Waals surface area contributed by atoms with Gasteiger partial charge in [0.25, 0.3) is 0 Å². The highest BCUT2D eigenvalue weighted by atomic mass is 19.1. The number of carbonyl (C=O) groups excluding carboxylic acids is 2. The monoisotopic (exact) mass is 398 g/mol. The molecule has 0 bridgehead atoms. The summed E-state index contributed by atoms with van der Waals surface area (Å²) in [6, 6.07) is 11.8. The van der Waals surface area contributed by atoms with Crippen molar-refractivity contribution in [2.75, 3.05) is 25.2 Å². The maximum atomic E-state index is 13.7. The molecule has 1 fully saturated rings. The summed E-state index contributed by atoms with van der Waals surface area (Å²) in [5.74, 6) is 0.823. The van der Waals surface area contributed by atoms with E-state index in [2.05, 4.69) is 5.32 Å². The van der Waals surface area contributed by atoms with E-state index < -0.39 is 0 Å². The molecule has 2 aliphatic heterocycles. The summed E-state index contributed by atoms with van der Waals surface area (Å²) in [5, 5.41) is 2.92. The molecule has 0 radical (unpaired) electrons. The van der Waals surface area contributed by atoms with Gasteiger partial charge in [-0.2, -0.15) is 0 Å². The molecule has 6 nitrogen and oxygen atoms in total. The molecule has 2 aromatic carbocycles. The third-order valence-electron chi connectivity index (χ3n) is 5.42. The van der Waals surface area contributed by atoms with Gasteiger partial charge >= 0.3 is 0 Å². The molecule has 29 heavy (non-hydrogen) atoms. The maximum Gasteiger partial charge on any atom is 0.231 e. The average molecular weight is 398 g/mol. The highest BCUT2D eigenvalue weighted by Gasteiger charge is 2.27. The lowest BCUT2D eigenvalue weighted by Crippen LogP contribution is -2.41. The van der Waals surface area contributed by atoms with Crippen molar-refractivity contribution in [2.45, 2.75) is 25.7 Å². The van der Waals surface area contributed by atoms with E-state index in [0.29, 0.717) is 55.1 Å². The molecule has 0 unspecified atom stereocenters. The number of aryl methyl sites for hydroxylation is 1. The number of benzene rings is 2. The minimum Gasteiger partial charge on any atom is -0.454 e. The van der Waals surface area contributed by atoms with E-state index in [-0.39, 0.29) is 36.8 Å². The third-order valence-corrected chi connectivity index (χ3v) is 5.42. The summed E-state index contributed by atoms with van der Waals surface area (Å²) in [4.78, 5) is 26.8. The number of halogens is 1. The van der Waals surface area contributed by atoms with Gasteiger partial charge in [-0.1, -0.05) is 18.2 Å². The second-order valence-electron chi connectivity index (χ2n) is 7.30. The predicted molar refractivity (Wildman–Crippen MR) is 105 cm³/mol. The molecule has 2 amide bonds. The molecule has 0 saturated carbocycles. The van der Waals surface area contributed by atoms with Gasteiger partial charge in [0.05, 0.1) is 0 Å². The van der Waals surface area contributed by atoms with Crippen LogP contribution < -0.4 is 14.8 Å². The lowest BCUT2D eigenvalue weighted by molar-refractivity contribution is -0.134. The quantitative estimate of drug-likeness (QED) is 0.839. The van der Waals surface area contributed by atoms with E-state index in [1.54, 1.807) is 41.3 Å². The average Bonchev–Trinajstić information content (AvgIpc) is 3.21. The summed E-state index contributed by atoms with van der Waals surface area (Å²) in [7, 11) is 0. The van der Waals surface area contributed by atoms with Crippen molar-refractivity contribution in [3.8, 4) is 11.5 Å². The molecule has 1 N–H and O–H groups in total. The number of likely N-dealkylation sites (tertiary alicyclic amines) is 1. The van der Waals surface area contributed by atoms with Crippen LogP contribution in [0.3, 0.4) is 0 Å². The zero-order chi connectivity index (χ0) is 20.2. The zero-order valence-corrected chi connectivity index (χ0v) is 16.0. The van der Waals surface area contributed by atoms with E-state index in [9.17, 15) is 14.0 Å². The van der Waals surface area contributed by atoms with Crippen LogP contribution in [-0.2, 0) is 16.0 Å². The molecule has 0 spiro atoms. The summed E-state index contributed by atoms with van der Waals surface area (Å²) < 4.78 is 24.3. The fourth-order valence-electron chi connectivity index (χ4n) is 3.71. The highest BCUT2D eigenvalue weighted by molar-refractivity contribution is 5.93. The molecule has 0 aliphatic carbocycles. The van der Waals surface area contributed by atoms with E-state index in [1.807, 2.05) is 0 Å². The second kappa shape index (κ2) is 8.51. The number of hydrogen-bond acceptors (Lipinski definition) is 4. The normalized spacial score (nSPS) is 16.0. The van der Waals surface area contributed by atoms with Gasteiger partial charge in [-0.3, -0.25) is 9.59 Å². The Labute approximate surface area is 168 Å². The molecule has 2 aromatic rings. The van der Waals surface area contributed by atoms with E-state index >= 15 is 0 Å². The van der Waals surface area contributed by atoms with Gasteiger partial charge in [-0.15, -0.1) is 0 Å². The number of nitrogens with zero attached hydrogens (tertiary/aromatic N) is 1. The predicted octanol–water partition coefficient (Wildman–Crippen LogP) is 3.36. The Balaban J connectivity index is 1.25. The van der Waals surface area contributed by atoms with Gasteiger partial charge in [-0.05, 0) is 43.0 Å². The van der Waals surface area contributed by atoms with Crippen LogP contribution in [0.1, 0.15) is 24.8 Å². The lowest BCUT2D eigenvalue weighted by Gasteiger charge is -2.31. The number of piperidine rings is 1. The SMILES string of the molecule is O=C(Nc1ccc2c(c1)OCO2)C1CCN(C(=O)CCc2ccccc2F)CC1. The van der Waals surface area contributed by atoms with Crippen LogP contribution in [0.15, 0.2) is 42.5 Å². The number of rotatable bonds is 5. The number of anilines is 1. The van der Waals surface area contributed by atoms with E-state index in [4.69, 9.17) is 9.47 Å². The first-order valence-electron chi connectivity index (χ1n) is 9.82. The van der Waals surface area contributed by atoms with Crippen molar-refractivity contribution in [3.05, 3.63) is 53.8 Å². The molecule has 7 heteroatoms. The van der Waals surface area contributed by atoms with Crippen molar-refractivity contribution in [1.29, 1.82) is 0 Å². The van der Waals surface area contributed by atoms with E-state index in [0.717, 1.165) is 0 Å². The maximum absolute atomic E-state index is 13.7. The zero-order valence-electron chi connectivity index (χ0n) is 16.0. The second-order valence-corrected chi connectivity index (χ2v) is 7.30.